The Hall–Kier alpha value is -1.84. The van der Waals surface area contributed by atoms with Crippen molar-refractivity contribution in [1.29, 1.82) is 0 Å². The fourth-order valence-corrected chi connectivity index (χ4v) is 0.865. The Morgan fingerprint density at radius 2 is 2.25 bits per heavy atom. The molecule has 2 unspecified atom stereocenters. The summed E-state index contributed by atoms with van der Waals surface area (Å²) in [6.45, 7) is 1.54. The van der Waals surface area contributed by atoms with Gasteiger partial charge in [0, 0.05) is 6.54 Å². The molecular formula is C10H15N3O3. The Kier molecular flexibility index (Phi) is 5.22. The summed E-state index contributed by atoms with van der Waals surface area (Å²) in [5.74, 6) is -0.0116. The van der Waals surface area contributed by atoms with E-state index in [4.69, 9.17) is 23.0 Å². The van der Waals surface area contributed by atoms with E-state index in [1.807, 2.05) is 5.92 Å². The highest BCUT2D eigenvalue weighted by Crippen LogP contribution is 2.06. The fraction of sp³-hybridized carbons (Fsp3) is 0.400. The number of hydrogen-bond donors (Lipinski definition) is 4. The van der Waals surface area contributed by atoms with Gasteiger partial charge in [0.15, 0.2) is 0 Å². The molecule has 0 saturated heterocycles. The number of carbonyl (C=O) groups excluding carboxylic acids is 1. The molecule has 0 rings (SSSR count). The normalized spacial score (nSPS) is 16.1. The minimum Gasteiger partial charge on any atom is -0.479 e. The highest BCUT2D eigenvalue weighted by molar-refractivity contribution is 5.93. The van der Waals surface area contributed by atoms with Crippen molar-refractivity contribution in [1.82, 2.24) is 5.32 Å². The summed E-state index contributed by atoms with van der Waals surface area (Å²) in [4.78, 5) is 22.4. The minimum absolute atomic E-state index is 0.116. The van der Waals surface area contributed by atoms with E-state index in [0.717, 1.165) is 6.08 Å². The molecule has 0 saturated carbocycles. The number of nitrogens with one attached hydrogen (secondary N) is 1. The van der Waals surface area contributed by atoms with Gasteiger partial charge in [-0.15, -0.1) is 6.42 Å². The van der Waals surface area contributed by atoms with Crippen LogP contribution in [0.3, 0.4) is 0 Å². The molecule has 0 radical (unpaired) electrons. The topological polar surface area (TPSA) is 118 Å². The van der Waals surface area contributed by atoms with Crippen LogP contribution in [-0.4, -0.2) is 35.1 Å². The van der Waals surface area contributed by atoms with Crippen LogP contribution in [0.2, 0.25) is 0 Å². The average molecular weight is 225 g/mol. The van der Waals surface area contributed by atoms with Crippen molar-refractivity contribution in [2.24, 2.45) is 11.5 Å². The van der Waals surface area contributed by atoms with Gasteiger partial charge in [-0.25, -0.2) is 4.79 Å². The maximum Gasteiger partial charge on any atom is 0.346 e. The molecule has 6 heteroatoms. The van der Waals surface area contributed by atoms with Gasteiger partial charge in [-0.3, -0.25) is 4.79 Å². The Morgan fingerprint density at radius 1 is 1.69 bits per heavy atom. The highest BCUT2D eigenvalue weighted by Gasteiger charge is 2.36. The van der Waals surface area contributed by atoms with Gasteiger partial charge in [0.05, 0.1) is 6.04 Å². The van der Waals surface area contributed by atoms with Crippen LogP contribution in [0, 0.1) is 12.3 Å². The Morgan fingerprint density at radius 3 is 2.56 bits per heavy atom. The number of hydrogen-bond acceptors (Lipinski definition) is 4. The van der Waals surface area contributed by atoms with E-state index in [1.165, 1.54) is 13.0 Å². The number of rotatable bonds is 5. The zero-order chi connectivity index (χ0) is 12.8. The van der Waals surface area contributed by atoms with Crippen LogP contribution in [0.5, 0.6) is 0 Å². The van der Waals surface area contributed by atoms with Crippen LogP contribution in [0.15, 0.2) is 12.2 Å². The second-order valence-corrected chi connectivity index (χ2v) is 3.17. The molecule has 0 bridgehead atoms. The smallest absolute Gasteiger partial charge is 0.346 e. The van der Waals surface area contributed by atoms with Crippen molar-refractivity contribution in [2.75, 3.05) is 6.54 Å². The Bertz CT molecular complexity index is 344. The van der Waals surface area contributed by atoms with Crippen molar-refractivity contribution >= 4 is 11.9 Å². The van der Waals surface area contributed by atoms with Crippen LogP contribution in [-0.2, 0) is 9.59 Å². The van der Waals surface area contributed by atoms with E-state index < -0.39 is 23.5 Å². The van der Waals surface area contributed by atoms with Gasteiger partial charge < -0.3 is 21.9 Å². The summed E-state index contributed by atoms with van der Waals surface area (Å²) in [6, 6.07) is -0.849. The summed E-state index contributed by atoms with van der Waals surface area (Å²) in [7, 11) is 0. The summed E-state index contributed by atoms with van der Waals surface area (Å²) < 4.78 is 0. The van der Waals surface area contributed by atoms with Crippen molar-refractivity contribution in [3.05, 3.63) is 12.2 Å². The van der Waals surface area contributed by atoms with Gasteiger partial charge in [-0.1, -0.05) is 12.0 Å². The number of aliphatic carboxylic acids is 1. The average Bonchev–Trinajstić information content (AvgIpc) is 2.23. The molecule has 88 valence electrons. The third-order valence-corrected chi connectivity index (χ3v) is 1.80. The van der Waals surface area contributed by atoms with Crippen LogP contribution in [0.1, 0.15) is 6.92 Å². The fourth-order valence-electron chi connectivity index (χ4n) is 0.865. The molecule has 0 heterocycles. The van der Waals surface area contributed by atoms with Gasteiger partial charge in [0.2, 0.25) is 11.4 Å². The number of carbonyl (C=O) groups is 2. The third kappa shape index (κ3) is 3.38. The molecule has 1 amide bonds. The first kappa shape index (κ1) is 14.2. The van der Waals surface area contributed by atoms with Crippen molar-refractivity contribution in [2.45, 2.75) is 18.5 Å². The molecule has 0 aliphatic carbocycles. The monoisotopic (exact) mass is 225 g/mol. The van der Waals surface area contributed by atoms with Gasteiger partial charge in [-0.05, 0) is 13.0 Å². The largest absolute Gasteiger partial charge is 0.479 e. The van der Waals surface area contributed by atoms with Crippen molar-refractivity contribution < 1.29 is 14.7 Å². The third-order valence-electron chi connectivity index (χ3n) is 1.80. The lowest BCUT2D eigenvalue weighted by molar-refractivity contribution is -0.143. The lowest BCUT2D eigenvalue weighted by Crippen LogP contribution is -2.55. The Balaban J connectivity index is 5.09. The van der Waals surface area contributed by atoms with Crippen molar-refractivity contribution in [3.63, 3.8) is 0 Å². The molecule has 0 spiro atoms. The van der Waals surface area contributed by atoms with Gasteiger partial charge >= 0.3 is 5.97 Å². The molecule has 0 aliphatic rings. The first-order chi connectivity index (χ1) is 7.39. The number of terminal acetylenes is 1. The summed E-state index contributed by atoms with van der Waals surface area (Å²) in [6.07, 6.45) is 7.62. The number of nitrogens with two attached hydrogens (primary N) is 2. The van der Waals surface area contributed by atoms with E-state index in [9.17, 15) is 9.59 Å². The number of carboxylic acid groups (broad SMARTS) is 1. The predicted octanol–water partition coefficient (Wildman–Crippen LogP) is -1.58. The molecule has 6 nitrogen and oxygen atoms in total. The summed E-state index contributed by atoms with van der Waals surface area (Å²) in [5, 5.41) is 11.2. The lowest BCUT2D eigenvalue weighted by atomic mass is 9.99. The van der Waals surface area contributed by atoms with Crippen LogP contribution < -0.4 is 16.8 Å². The van der Waals surface area contributed by atoms with Crippen LogP contribution >= 0.6 is 0 Å². The maximum atomic E-state index is 11.3. The van der Waals surface area contributed by atoms with Gasteiger partial charge in [0.1, 0.15) is 0 Å². The molecule has 0 aromatic rings. The van der Waals surface area contributed by atoms with E-state index in [2.05, 4.69) is 5.32 Å². The SMILES string of the molecule is C#CC(C=CCN)(NC(=O)C(C)N)C(=O)O. The van der Waals surface area contributed by atoms with Gasteiger partial charge in [0.25, 0.3) is 0 Å². The van der Waals surface area contributed by atoms with E-state index in [0.29, 0.717) is 0 Å². The molecule has 0 fully saturated rings. The predicted molar refractivity (Wildman–Crippen MR) is 59.2 cm³/mol. The van der Waals surface area contributed by atoms with Crippen molar-refractivity contribution in [3.8, 4) is 12.3 Å². The molecule has 0 aromatic heterocycles. The molecule has 2 atom stereocenters. The summed E-state index contributed by atoms with van der Waals surface area (Å²) in [5.41, 5.74) is 8.60. The van der Waals surface area contributed by atoms with Crippen LogP contribution in [0.4, 0.5) is 0 Å². The minimum atomic E-state index is -1.90. The van der Waals surface area contributed by atoms with E-state index in [1.54, 1.807) is 0 Å². The first-order valence-electron chi connectivity index (χ1n) is 4.56. The standard InChI is InChI=1S/C10H15N3O3/c1-3-10(9(15)16,5-4-6-11)13-8(14)7(2)12/h1,4-5,7H,6,11-12H2,2H3,(H,13,14)(H,15,16). The van der Waals surface area contributed by atoms with E-state index in [-0.39, 0.29) is 6.54 Å². The maximum absolute atomic E-state index is 11.3. The Labute approximate surface area is 93.7 Å². The number of amides is 1. The first-order valence-corrected chi connectivity index (χ1v) is 4.56. The zero-order valence-electron chi connectivity index (χ0n) is 8.93. The molecular weight excluding hydrogens is 210 g/mol. The lowest BCUT2D eigenvalue weighted by Gasteiger charge is -2.22. The van der Waals surface area contributed by atoms with E-state index >= 15 is 0 Å². The quantitative estimate of drug-likeness (QED) is 0.332. The second-order valence-electron chi connectivity index (χ2n) is 3.17. The molecule has 6 N–H and O–H groups in total. The molecule has 16 heavy (non-hydrogen) atoms. The van der Waals surface area contributed by atoms with Gasteiger partial charge in [-0.2, -0.15) is 0 Å². The summed E-state index contributed by atoms with van der Waals surface area (Å²) >= 11 is 0. The zero-order valence-corrected chi connectivity index (χ0v) is 8.93. The second kappa shape index (κ2) is 5.90. The number of carboxylic acids is 1. The van der Waals surface area contributed by atoms with Crippen LogP contribution in [0.25, 0.3) is 0 Å². The molecule has 0 aliphatic heterocycles. The molecule has 0 aromatic carbocycles. The highest BCUT2D eigenvalue weighted by atomic mass is 16.4.